The fourth-order valence-electron chi connectivity index (χ4n) is 0.763. The van der Waals surface area contributed by atoms with E-state index in [1.54, 1.807) is 0 Å². The molecule has 0 aliphatic carbocycles. The summed E-state index contributed by atoms with van der Waals surface area (Å²) in [6.07, 6.45) is 0. The Morgan fingerprint density at radius 3 is 2.15 bits per heavy atom. The first-order chi connectivity index (χ1) is 5.82. The highest BCUT2D eigenvalue weighted by Crippen LogP contribution is 2.29. The number of primary sulfonamides is 1. The summed E-state index contributed by atoms with van der Waals surface area (Å²) in [5.74, 6) is 0. The monoisotopic (exact) mass is 328 g/mol. The Hall–Kier alpha value is -0.110. The summed E-state index contributed by atoms with van der Waals surface area (Å²) in [5.41, 5.74) is 5.82. The lowest BCUT2D eigenvalue weighted by Crippen LogP contribution is -2.13. The number of rotatable bonds is 1. The van der Waals surface area contributed by atoms with E-state index in [2.05, 4.69) is 31.9 Å². The van der Waals surface area contributed by atoms with Crippen molar-refractivity contribution >= 4 is 47.6 Å². The number of sulfonamides is 1. The summed E-state index contributed by atoms with van der Waals surface area (Å²) in [4.78, 5) is -0.0202. The number of hydrogen-bond acceptors (Lipinski definition) is 3. The maximum atomic E-state index is 11.0. The largest absolute Gasteiger partial charge is 0.398 e. The summed E-state index contributed by atoms with van der Waals surface area (Å²) in [7, 11) is -3.72. The van der Waals surface area contributed by atoms with Gasteiger partial charge in [0.1, 0.15) is 0 Å². The zero-order chi connectivity index (χ0) is 10.2. The molecule has 0 radical (unpaired) electrons. The summed E-state index contributed by atoms with van der Waals surface area (Å²) >= 11 is 6.23. The van der Waals surface area contributed by atoms with Crippen molar-refractivity contribution in [3.63, 3.8) is 0 Å². The number of nitrogen functional groups attached to an aromatic ring is 1. The molecule has 0 fully saturated rings. The Labute approximate surface area is 92.6 Å². The predicted octanol–water partition coefficient (Wildman–Crippen LogP) is 1.44. The molecule has 0 atom stereocenters. The van der Waals surface area contributed by atoms with Crippen molar-refractivity contribution in [1.29, 1.82) is 0 Å². The quantitative estimate of drug-likeness (QED) is 0.764. The van der Waals surface area contributed by atoms with Crippen molar-refractivity contribution in [1.82, 2.24) is 0 Å². The van der Waals surface area contributed by atoms with Crippen LogP contribution < -0.4 is 10.9 Å². The van der Waals surface area contributed by atoms with E-state index in [4.69, 9.17) is 10.9 Å². The van der Waals surface area contributed by atoms with Crippen LogP contribution in [-0.4, -0.2) is 8.42 Å². The molecule has 0 saturated carbocycles. The van der Waals surface area contributed by atoms with Gasteiger partial charge >= 0.3 is 0 Å². The highest BCUT2D eigenvalue weighted by molar-refractivity contribution is 9.11. The van der Waals surface area contributed by atoms with Crippen LogP contribution in [0.1, 0.15) is 0 Å². The first-order valence-electron chi connectivity index (χ1n) is 3.09. The van der Waals surface area contributed by atoms with E-state index in [0.717, 1.165) is 0 Å². The lowest BCUT2D eigenvalue weighted by Gasteiger charge is -2.04. The van der Waals surface area contributed by atoms with Gasteiger partial charge < -0.3 is 5.73 Å². The molecule has 4 nitrogen and oxygen atoms in total. The summed E-state index contributed by atoms with van der Waals surface area (Å²) in [6.45, 7) is 0. The average molecular weight is 330 g/mol. The molecular formula is C6H6Br2N2O2S. The summed E-state index contributed by atoms with van der Waals surface area (Å²) in [6, 6.07) is 2.83. The van der Waals surface area contributed by atoms with Crippen LogP contribution >= 0.6 is 31.9 Å². The van der Waals surface area contributed by atoms with E-state index in [9.17, 15) is 8.42 Å². The Kier molecular flexibility index (Phi) is 3.01. The minimum atomic E-state index is -3.72. The molecule has 0 unspecified atom stereocenters. The highest BCUT2D eigenvalue weighted by atomic mass is 79.9. The third-order valence-electron chi connectivity index (χ3n) is 1.36. The van der Waals surface area contributed by atoms with Gasteiger partial charge in [-0.1, -0.05) is 0 Å². The number of nitrogens with two attached hydrogens (primary N) is 2. The Bertz CT molecular complexity index is 444. The fraction of sp³-hybridized carbons (Fsp3) is 0. The minimum Gasteiger partial charge on any atom is -0.398 e. The first kappa shape index (κ1) is 11.0. The molecule has 0 amide bonds. The second kappa shape index (κ2) is 3.56. The molecular weight excluding hydrogens is 324 g/mol. The molecule has 0 aliphatic rings. The zero-order valence-corrected chi connectivity index (χ0v) is 10.3. The molecule has 1 aromatic rings. The lowest BCUT2D eigenvalue weighted by molar-refractivity contribution is 0.597. The molecule has 13 heavy (non-hydrogen) atoms. The summed E-state index contributed by atoms with van der Waals surface area (Å²) < 4.78 is 23.0. The van der Waals surface area contributed by atoms with E-state index < -0.39 is 10.0 Å². The van der Waals surface area contributed by atoms with Crippen LogP contribution in [0, 0.1) is 0 Å². The van der Waals surface area contributed by atoms with Crippen LogP contribution in [0.4, 0.5) is 5.69 Å². The van der Waals surface area contributed by atoms with Crippen LogP contribution in [0.25, 0.3) is 0 Å². The van der Waals surface area contributed by atoms with E-state index in [1.807, 2.05) is 0 Å². The van der Waals surface area contributed by atoms with Gasteiger partial charge in [0.2, 0.25) is 10.0 Å². The molecule has 0 heterocycles. The van der Waals surface area contributed by atoms with Gasteiger partial charge in [-0.25, -0.2) is 13.6 Å². The second-order valence-electron chi connectivity index (χ2n) is 2.35. The predicted molar refractivity (Wildman–Crippen MR) is 57.6 cm³/mol. The van der Waals surface area contributed by atoms with Gasteiger partial charge in [0.15, 0.2) is 0 Å². The van der Waals surface area contributed by atoms with Gasteiger partial charge in [0.25, 0.3) is 0 Å². The fourth-order valence-corrected chi connectivity index (χ4v) is 3.06. The van der Waals surface area contributed by atoms with Gasteiger partial charge in [0, 0.05) is 14.6 Å². The second-order valence-corrected chi connectivity index (χ2v) is 5.59. The molecule has 72 valence electrons. The Balaban J connectivity index is 3.50. The number of halogens is 2. The normalized spacial score (nSPS) is 11.6. The molecule has 1 rings (SSSR count). The van der Waals surface area contributed by atoms with Crippen molar-refractivity contribution in [3.8, 4) is 0 Å². The molecule has 0 aromatic heterocycles. The number of hydrogen-bond donors (Lipinski definition) is 2. The molecule has 7 heteroatoms. The van der Waals surface area contributed by atoms with Crippen molar-refractivity contribution in [2.45, 2.75) is 4.90 Å². The molecule has 0 bridgehead atoms. The Morgan fingerprint density at radius 1 is 1.15 bits per heavy atom. The molecule has 1 aromatic carbocycles. The minimum absolute atomic E-state index is 0.0202. The zero-order valence-electron chi connectivity index (χ0n) is 6.29. The molecule has 0 spiro atoms. The van der Waals surface area contributed by atoms with E-state index in [-0.39, 0.29) is 4.90 Å². The molecule has 4 N–H and O–H groups in total. The van der Waals surface area contributed by atoms with Gasteiger partial charge in [-0.15, -0.1) is 0 Å². The third kappa shape index (κ3) is 2.43. The highest BCUT2D eigenvalue weighted by Gasteiger charge is 2.14. The molecule has 0 aliphatic heterocycles. The van der Waals surface area contributed by atoms with Crippen LogP contribution in [0.2, 0.25) is 0 Å². The van der Waals surface area contributed by atoms with E-state index in [0.29, 0.717) is 14.6 Å². The van der Waals surface area contributed by atoms with Gasteiger partial charge in [0.05, 0.1) is 4.90 Å². The van der Waals surface area contributed by atoms with Gasteiger partial charge in [-0.2, -0.15) is 0 Å². The van der Waals surface area contributed by atoms with Crippen molar-refractivity contribution in [2.75, 3.05) is 5.73 Å². The first-order valence-corrected chi connectivity index (χ1v) is 6.23. The van der Waals surface area contributed by atoms with Crippen LogP contribution in [0.5, 0.6) is 0 Å². The van der Waals surface area contributed by atoms with Crippen molar-refractivity contribution in [3.05, 3.63) is 21.1 Å². The average Bonchev–Trinajstić information content (AvgIpc) is 1.94. The number of benzene rings is 1. The standard InChI is InChI=1S/C6H6Br2N2O2S/c7-3-1-4(8)6(2-5(3)9)13(10,11)12/h1-2H,9H2,(H2,10,11,12). The Morgan fingerprint density at radius 2 is 1.69 bits per heavy atom. The lowest BCUT2D eigenvalue weighted by atomic mass is 10.3. The van der Waals surface area contributed by atoms with Crippen molar-refractivity contribution in [2.24, 2.45) is 5.14 Å². The van der Waals surface area contributed by atoms with Crippen LogP contribution in [-0.2, 0) is 10.0 Å². The van der Waals surface area contributed by atoms with Crippen LogP contribution in [0.15, 0.2) is 26.0 Å². The smallest absolute Gasteiger partial charge is 0.239 e. The van der Waals surface area contributed by atoms with Crippen LogP contribution in [0.3, 0.4) is 0 Å². The SMILES string of the molecule is Nc1cc(S(N)(=O)=O)c(Br)cc1Br. The van der Waals surface area contributed by atoms with Crippen molar-refractivity contribution < 1.29 is 8.42 Å². The number of anilines is 1. The topological polar surface area (TPSA) is 86.2 Å². The maximum Gasteiger partial charge on any atom is 0.239 e. The van der Waals surface area contributed by atoms with E-state index >= 15 is 0 Å². The maximum absolute atomic E-state index is 11.0. The van der Waals surface area contributed by atoms with E-state index in [1.165, 1.54) is 12.1 Å². The van der Waals surface area contributed by atoms with Gasteiger partial charge in [-0.3, -0.25) is 0 Å². The summed E-state index contributed by atoms with van der Waals surface area (Å²) in [5, 5.41) is 4.95. The third-order valence-corrected chi connectivity index (χ3v) is 3.91. The molecule has 0 saturated heterocycles. The van der Waals surface area contributed by atoms with Gasteiger partial charge in [-0.05, 0) is 44.0 Å².